The molecule has 10 nitrogen and oxygen atoms in total. The van der Waals surface area contributed by atoms with E-state index in [1.54, 1.807) is 36.4 Å². The third-order valence-corrected chi connectivity index (χ3v) is 8.61. The molecule has 232 valence electrons. The van der Waals surface area contributed by atoms with Crippen LogP contribution >= 0.6 is 0 Å². The molecule has 1 N–H and O–H groups in total. The third-order valence-electron chi connectivity index (χ3n) is 7.43. The molecule has 0 bridgehead atoms. The standard InChI is InChI=1S/C33H30N2O8S2/c1-2-23(17-32-34(21-44(36,37)38)28-19-26(13-15-30(28)42-32)24-9-5-3-6-10-24)18-33-35(22-45(39,40)41)29-20-27(14-16-31(29)43-33)25-11-7-4-8-12-25/h3-20,32H,2,21-22H2,1H3,(H,36,37,38)(H,39,40,41)/p-1/b23-17+,33-18-. The number of fused-ring (bicyclic) bond motifs is 2. The molecule has 2 aliphatic heterocycles. The Labute approximate surface area is 262 Å². The fourth-order valence-corrected chi connectivity index (χ4v) is 6.56. The molecule has 0 spiro atoms. The van der Waals surface area contributed by atoms with Gasteiger partial charge in [0.25, 0.3) is 10.1 Å². The van der Waals surface area contributed by atoms with Gasteiger partial charge in [-0.3, -0.25) is 9.45 Å². The van der Waals surface area contributed by atoms with Crippen molar-refractivity contribution in [2.45, 2.75) is 19.6 Å². The van der Waals surface area contributed by atoms with Crippen molar-refractivity contribution < 1.29 is 35.4 Å². The number of ether oxygens (including phenoxy) is 2. The monoisotopic (exact) mass is 645 g/mol. The minimum Gasteiger partial charge on any atom is -0.747 e. The maximum atomic E-state index is 12.1. The maximum Gasteiger partial charge on any atom is 0.283 e. The van der Waals surface area contributed by atoms with E-state index in [0.717, 1.165) is 22.3 Å². The van der Waals surface area contributed by atoms with Crippen LogP contribution in [0.15, 0.2) is 121 Å². The Hall–Kier alpha value is -4.62. The van der Waals surface area contributed by atoms with Crippen molar-refractivity contribution in [3.63, 3.8) is 0 Å². The van der Waals surface area contributed by atoms with Gasteiger partial charge < -0.3 is 18.9 Å². The highest BCUT2D eigenvalue weighted by atomic mass is 32.2. The summed E-state index contributed by atoms with van der Waals surface area (Å²) < 4.78 is 82.0. The molecular weight excluding hydrogens is 617 g/mol. The first kappa shape index (κ1) is 30.4. The molecule has 6 rings (SSSR count). The Morgan fingerprint density at radius 1 is 0.800 bits per heavy atom. The van der Waals surface area contributed by atoms with Crippen molar-refractivity contribution in [1.82, 2.24) is 0 Å². The first-order valence-electron chi connectivity index (χ1n) is 14.1. The van der Waals surface area contributed by atoms with Gasteiger partial charge in [-0.1, -0.05) is 79.7 Å². The van der Waals surface area contributed by atoms with Crippen LogP contribution in [0.1, 0.15) is 13.3 Å². The average Bonchev–Trinajstić information content (AvgIpc) is 3.51. The number of hydrogen-bond acceptors (Lipinski definition) is 9. The summed E-state index contributed by atoms with van der Waals surface area (Å²) in [4.78, 5) is 2.74. The minimum atomic E-state index is -4.69. The number of benzene rings is 4. The highest BCUT2D eigenvalue weighted by Gasteiger charge is 2.33. The summed E-state index contributed by atoms with van der Waals surface area (Å²) >= 11 is 0. The fourth-order valence-electron chi connectivity index (χ4n) is 5.34. The molecule has 2 aliphatic rings. The van der Waals surface area contributed by atoms with Gasteiger partial charge in [0.2, 0.25) is 5.88 Å². The van der Waals surface area contributed by atoms with E-state index in [9.17, 15) is 25.9 Å². The Balaban J connectivity index is 1.36. The minimum absolute atomic E-state index is 0.144. The summed E-state index contributed by atoms with van der Waals surface area (Å²) in [7, 11) is -9.16. The molecule has 4 aromatic carbocycles. The van der Waals surface area contributed by atoms with Gasteiger partial charge in [-0.2, -0.15) is 8.42 Å². The van der Waals surface area contributed by atoms with Crippen LogP contribution in [0.3, 0.4) is 0 Å². The van der Waals surface area contributed by atoms with E-state index in [1.807, 2.05) is 79.7 Å². The molecular formula is C33H29N2O8S2-. The van der Waals surface area contributed by atoms with Gasteiger partial charge in [0.1, 0.15) is 21.7 Å². The number of anilines is 2. The van der Waals surface area contributed by atoms with E-state index in [0.29, 0.717) is 34.9 Å². The average molecular weight is 646 g/mol. The quantitative estimate of drug-likeness (QED) is 0.217. The summed E-state index contributed by atoms with van der Waals surface area (Å²) in [6.45, 7) is 1.86. The van der Waals surface area contributed by atoms with Crippen molar-refractivity contribution in [3.8, 4) is 33.8 Å². The van der Waals surface area contributed by atoms with Crippen LogP contribution in [-0.2, 0) is 20.2 Å². The SMILES string of the molecule is CCC(/C=C1\Oc2ccc(-c3ccccc3)cc2N1CS(=O)(=O)O)=C\C1Oc2ccc(-c3ccccc3)cc2N1CS(=O)(=O)[O-]. The van der Waals surface area contributed by atoms with Crippen LogP contribution in [0.2, 0.25) is 0 Å². The van der Waals surface area contributed by atoms with Gasteiger partial charge in [0.05, 0.1) is 11.4 Å². The fraction of sp³-hybridized carbons (Fsp3) is 0.152. The molecule has 0 aromatic heterocycles. The predicted molar refractivity (Wildman–Crippen MR) is 171 cm³/mol. The van der Waals surface area contributed by atoms with Crippen molar-refractivity contribution in [2.75, 3.05) is 21.6 Å². The molecule has 0 fully saturated rings. The second-order valence-corrected chi connectivity index (χ2v) is 13.4. The van der Waals surface area contributed by atoms with Crippen LogP contribution in [0.4, 0.5) is 11.4 Å². The van der Waals surface area contributed by atoms with Gasteiger partial charge in [-0.25, -0.2) is 8.42 Å². The lowest BCUT2D eigenvalue weighted by atomic mass is 10.0. The lowest BCUT2D eigenvalue weighted by molar-refractivity contribution is 0.275. The Morgan fingerprint density at radius 3 is 1.93 bits per heavy atom. The summed E-state index contributed by atoms with van der Waals surface area (Å²) in [5.74, 6) is -0.627. The summed E-state index contributed by atoms with van der Waals surface area (Å²) in [6.07, 6.45) is 2.74. The van der Waals surface area contributed by atoms with Crippen molar-refractivity contribution in [1.29, 1.82) is 0 Å². The van der Waals surface area contributed by atoms with E-state index < -0.39 is 38.2 Å². The highest BCUT2D eigenvalue weighted by Crippen LogP contribution is 2.43. The summed E-state index contributed by atoms with van der Waals surface area (Å²) in [5, 5.41) is 0. The molecule has 2 heterocycles. The van der Waals surface area contributed by atoms with Gasteiger partial charge in [0, 0.05) is 6.08 Å². The maximum absolute atomic E-state index is 12.1. The Bertz CT molecular complexity index is 2010. The predicted octanol–water partition coefficient (Wildman–Crippen LogP) is 5.97. The first-order chi connectivity index (χ1) is 21.5. The van der Waals surface area contributed by atoms with Crippen LogP contribution in [-0.4, -0.2) is 43.9 Å². The summed E-state index contributed by atoms with van der Waals surface area (Å²) in [5.41, 5.74) is 4.99. The smallest absolute Gasteiger partial charge is 0.283 e. The molecule has 45 heavy (non-hydrogen) atoms. The second kappa shape index (κ2) is 12.1. The second-order valence-electron chi connectivity index (χ2n) is 10.6. The van der Waals surface area contributed by atoms with Crippen molar-refractivity contribution >= 4 is 31.6 Å². The molecule has 12 heteroatoms. The molecule has 1 atom stereocenters. The van der Waals surface area contributed by atoms with E-state index >= 15 is 0 Å². The van der Waals surface area contributed by atoms with Crippen LogP contribution < -0.4 is 19.3 Å². The van der Waals surface area contributed by atoms with Gasteiger partial charge >= 0.3 is 0 Å². The van der Waals surface area contributed by atoms with Crippen LogP contribution in [0.5, 0.6) is 11.5 Å². The largest absolute Gasteiger partial charge is 0.747 e. The van der Waals surface area contributed by atoms with Gasteiger partial charge in [-0.05, 0) is 64.6 Å². The van der Waals surface area contributed by atoms with Crippen LogP contribution in [0, 0.1) is 0 Å². The van der Waals surface area contributed by atoms with E-state index in [2.05, 4.69) is 0 Å². The first-order valence-corrected chi connectivity index (χ1v) is 17.2. The van der Waals surface area contributed by atoms with Crippen molar-refractivity contribution in [2.24, 2.45) is 0 Å². The zero-order valence-electron chi connectivity index (χ0n) is 24.1. The normalized spacial score (nSPS) is 17.2. The highest BCUT2D eigenvalue weighted by molar-refractivity contribution is 7.86. The number of hydrogen-bond donors (Lipinski definition) is 1. The van der Waals surface area contributed by atoms with Gasteiger partial charge in [-0.15, -0.1) is 0 Å². The molecule has 4 aromatic rings. The zero-order chi connectivity index (χ0) is 31.8. The van der Waals surface area contributed by atoms with Crippen LogP contribution in [0.25, 0.3) is 22.3 Å². The molecule has 0 aliphatic carbocycles. The molecule has 0 radical (unpaired) electrons. The molecule has 1 unspecified atom stereocenters. The number of nitrogens with zero attached hydrogens (tertiary/aromatic N) is 2. The molecule has 0 amide bonds. The lowest BCUT2D eigenvalue weighted by Gasteiger charge is -2.25. The lowest BCUT2D eigenvalue weighted by Crippen LogP contribution is -2.37. The van der Waals surface area contributed by atoms with Gasteiger partial charge in [0.15, 0.2) is 17.9 Å². The zero-order valence-corrected chi connectivity index (χ0v) is 25.7. The molecule has 0 saturated carbocycles. The Morgan fingerprint density at radius 2 is 1.38 bits per heavy atom. The van der Waals surface area contributed by atoms with E-state index in [-0.39, 0.29) is 5.88 Å². The summed E-state index contributed by atoms with van der Waals surface area (Å²) in [6, 6.07) is 29.8. The van der Waals surface area contributed by atoms with E-state index in [4.69, 9.17) is 9.47 Å². The third kappa shape index (κ3) is 6.89. The Kier molecular flexibility index (Phi) is 8.14. The number of rotatable bonds is 9. The number of allylic oxidation sites excluding steroid dienone is 2. The molecule has 0 saturated heterocycles. The van der Waals surface area contributed by atoms with E-state index in [1.165, 1.54) is 9.80 Å². The van der Waals surface area contributed by atoms with Crippen molar-refractivity contribution in [3.05, 3.63) is 121 Å². The topological polar surface area (TPSA) is 137 Å².